The molecule has 5 heteroatoms. The van der Waals surface area contributed by atoms with E-state index in [1.807, 2.05) is 12.1 Å². The van der Waals surface area contributed by atoms with Crippen LogP contribution in [0.4, 0.5) is 5.69 Å². The van der Waals surface area contributed by atoms with Crippen molar-refractivity contribution in [3.63, 3.8) is 0 Å². The average molecular weight is 248 g/mol. The molecule has 0 radical (unpaired) electrons. The summed E-state index contributed by atoms with van der Waals surface area (Å²) in [7, 11) is 0. The highest BCUT2D eigenvalue weighted by Gasteiger charge is 2.15. The van der Waals surface area contributed by atoms with Gasteiger partial charge in [0, 0.05) is 0 Å². The molecule has 0 amide bonds. The van der Waals surface area contributed by atoms with E-state index in [1.165, 1.54) is 0 Å². The van der Waals surface area contributed by atoms with Crippen LogP contribution in [0.1, 0.15) is 0 Å². The van der Waals surface area contributed by atoms with Crippen LogP contribution < -0.4 is 5.32 Å². The topological polar surface area (TPSA) is 30.5 Å². The maximum atomic E-state index is 6.00. The van der Waals surface area contributed by atoms with Gasteiger partial charge in [0.25, 0.3) is 0 Å². The van der Waals surface area contributed by atoms with Crippen molar-refractivity contribution in [2.75, 3.05) is 25.1 Å². The Morgan fingerprint density at radius 3 is 2.73 bits per heavy atom. The van der Waals surface area contributed by atoms with Crippen molar-refractivity contribution in [3.8, 4) is 0 Å². The third-order valence-electron chi connectivity index (χ3n) is 2.10. The van der Waals surface area contributed by atoms with Gasteiger partial charge in [0.15, 0.2) is 6.29 Å². The van der Waals surface area contributed by atoms with E-state index in [1.54, 1.807) is 6.07 Å². The fourth-order valence-electron chi connectivity index (χ4n) is 1.36. The Bertz CT molecular complexity index is 340. The van der Waals surface area contributed by atoms with Crippen molar-refractivity contribution < 1.29 is 9.47 Å². The van der Waals surface area contributed by atoms with E-state index < -0.39 is 0 Å². The summed E-state index contributed by atoms with van der Waals surface area (Å²) in [6, 6.07) is 5.45. The molecule has 0 aliphatic carbocycles. The van der Waals surface area contributed by atoms with Gasteiger partial charge in [0.05, 0.1) is 35.5 Å². The van der Waals surface area contributed by atoms with Crippen LogP contribution in [0.15, 0.2) is 18.2 Å². The molecule has 0 atom stereocenters. The van der Waals surface area contributed by atoms with E-state index in [9.17, 15) is 0 Å². The number of hydrogen-bond acceptors (Lipinski definition) is 3. The van der Waals surface area contributed by atoms with Crippen LogP contribution in [0.25, 0.3) is 0 Å². The Labute approximate surface area is 98.3 Å². The van der Waals surface area contributed by atoms with Crippen LogP contribution in [0.3, 0.4) is 0 Å². The molecule has 1 aliphatic heterocycles. The number of anilines is 1. The first-order valence-electron chi connectivity index (χ1n) is 4.68. The maximum absolute atomic E-state index is 6.00. The standard InChI is InChI=1S/C10H11Cl2NO2/c11-7-2-1-3-8(10(7)12)13-6-9-14-4-5-15-9/h1-3,9,13H,4-6H2. The molecule has 1 heterocycles. The van der Waals surface area contributed by atoms with Gasteiger partial charge >= 0.3 is 0 Å². The molecule has 1 aliphatic rings. The van der Waals surface area contributed by atoms with Gasteiger partial charge in [-0.05, 0) is 12.1 Å². The fourth-order valence-corrected chi connectivity index (χ4v) is 1.73. The maximum Gasteiger partial charge on any atom is 0.174 e. The SMILES string of the molecule is Clc1cccc(NCC2OCCO2)c1Cl. The van der Waals surface area contributed by atoms with Gasteiger partial charge in [-0.2, -0.15) is 0 Å². The average Bonchev–Trinajstić information content (AvgIpc) is 2.73. The molecule has 15 heavy (non-hydrogen) atoms. The number of nitrogens with one attached hydrogen (secondary N) is 1. The van der Waals surface area contributed by atoms with Crippen molar-refractivity contribution in [2.45, 2.75) is 6.29 Å². The summed E-state index contributed by atoms with van der Waals surface area (Å²) in [6.45, 7) is 1.87. The van der Waals surface area contributed by atoms with Gasteiger partial charge < -0.3 is 14.8 Å². The zero-order valence-electron chi connectivity index (χ0n) is 8.00. The summed E-state index contributed by atoms with van der Waals surface area (Å²) in [4.78, 5) is 0. The predicted molar refractivity (Wildman–Crippen MR) is 60.6 cm³/mol. The predicted octanol–water partition coefficient (Wildman–Crippen LogP) is 2.78. The summed E-state index contributed by atoms with van der Waals surface area (Å²) in [6.07, 6.45) is -0.194. The number of ether oxygens (including phenoxy) is 2. The molecule has 0 bridgehead atoms. The number of hydrogen-bond donors (Lipinski definition) is 1. The second kappa shape index (κ2) is 5.03. The van der Waals surface area contributed by atoms with E-state index in [4.69, 9.17) is 32.7 Å². The minimum absolute atomic E-state index is 0.194. The van der Waals surface area contributed by atoms with Crippen LogP contribution in [0, 0.1) is 0 Å². The summed E-state index contributed by atoms with van der Waals surface area (Å²) < 4.78 is 10.6. The highest BCUT2D eigenvalue weighted by Crippen LogP contribution is 2.29. The van der Waals surface area contributed by atoms with Gasteiger partial charge in [0.1, 0.15) is 0 Å². The molecule has 0 spiro atoms. The van der Waals surface area contributed by atoms with Crippen LogP contribution in [-0.2, 0) is 9.47 Å². The van der Waals surface area contributed by atoms with Crippen molar-refractivity contribution in [1.82, 2.24) is 0 Å². The van der Waals surface area contributed by atoms with Crippen LogP contribution in [0.2, 0.25) is 10.0 Å². The molecular weight excluding hydrogens is 237 g/mol. The summed E-state index contributed by atoms with van der Waals surface area (Å²) in [5.74, 6) is 0. The summed E-state index contributed by atoms with van der Waals surface area (Å²) in [5, 5.41) is 4.19. The van der Waals surface area contributed by atoms with Crippen molar-refractivity contribution in [3.05, 3.63) is 28.2 Å². The molecular formula is C10H11Cl2NO2. The molecule has 3 nitrogen and oxygen atoms in total. The van der Waals surface area contributed by atoms with Crippen LogP contribution >= 0.6 is 23.2 Å². The number of benzene rings is 1. The highest BCUT2D eigenvalue weighted by atomic mass is 35.5. The van der Waals surface area contributed by atoms with Gasteiger partial charge in [0.2, 0.25) is 0 Å². The molecule has 82 valence electrons. The lowest BCUT2D eigenvalue weighted by Gasteiger charge is -2.12. The Morgan fingerprint density at radius 1 is 1.27 bits per heavy atom. The first-order valence-corrected chi connectivity index (χ1v) is 5.44. The molecule has 0 unspecified atom stereocenters. The minimum Gasteiger partial charge on any atom is -0.379 e. The molecule has 0 aromatic heterocycles. The zero-order valence-corrected chi connectivity index (χ0v) is 9.52. The molecule has 1 saturated heterocycles. The summed E-state index contributed by atoms with van der Waals surface area (Å²) in [5.41, 5.74) is 0.795. The lowest BCUT2D eigenvalue weighted by Crippen LogP contribution is -2.20. The van der Waals surface area contributed by atoms with Gasteiger partial charge in [-0.3, -0.25) is 0 Å². The normalized spacial score (nSPS) is 16.9. The van der Waals surface area contributed by atoms with E-state index in [2.05, 4.69) is 5.32 Å². The molecule has 1 N–H and O–H groups in total. The molecule has 1 fully saturated rings. The summed E-state index contributed by atoms with van der Waals surface area (Å²) >= 11 is 11.9. The smallest absolute Gasteiger partial charge is 0.174 e. The van der Waals surface area contributed by atoms with E-state index in [-0.39, 0.29) is 6.29 Å². The Morgan fingerprint density at radius 2 is 2.00 bits per heavy atom. The van der Waals surface area contributed by atoms with E-state index in [0.717, 1.165) is 5.69 Å². The van der Waals surface area contributed by atoms with Gasteiger partial charge in [-0.25, -0.2) is 0 Å². The third-order valence-corrected chi connectivity index (χ3v) is 2.92. The van der Waals surface area contributed by atoms with E-state index >= 15 is 0 Å². The van der Waals surface area contributed by atoms with E-state index in [0.29, 0.717) is 29.8 Å². The van der Waals surface area contributed by atoms with Crippen molar-refractivity contribution in [2.24, 2.45) is 0 Å². The minimum atomic E-state index is -0.194. The molecule has 0 saturated carbocycles. The van der Waals surface area contributed by atoms with Gasteiger partial charge in [-0.15, -0.1) is 0 Å². The largest absolute Gasteiger partial charge is 0.379 e. The molecule has 1 aromatic rings. The van der Waals surface area contributed by atoms with Crippen LogP contribution in [-0.4, -0.2) is 26.0 Å². The lowest BCUT2D eigenvalue weighted by atomic mass is 10.3. The Kier molecular flexibility index (Phi) is 3.70. The van der Waals surface area contributed by atoms with Gasteiger partial charge in [-0.1, -0.05) is 29.3 Å². The zero-order chi connectivity index (χ0) is 10.7. The Hall–Kier alpha value is -0.480. The van der Waals surface area contributed by atoms with Crippen LogP contribution in [0.5, 0.6) is 0 Å². The third kappa shape index (κ3) is 2.75. The number of rotatable bonds is 3. The molecule has 2 rings (SSSR count). The fraction of sp³-hybridized carbons (Fsp3) is 0.400. The second-order valence-corrected chi connectivity index (χ2v) is 3.94. The first-order chi connectivity index (χ1) is 7.27. The second-order valence-electron chi connectivity index (χ2n) is 3.15. The van der Waals surface area contributed by atoms with Crippen molar-refractivity contribution >= 4 is 28.9 Å². The molecule has 1 aromatic carbocycles. The Balaban J connectivity index is 1.95. The van der Waals surface area contributed by atoms with Crippen molar-refractivity contribution in [1.29, 1.82) is 0 Å². The monoisotopic (exact) mass is 247 g/mol. The quantitative estimate of drug-likeness (QED) is 0.892. The first kappa shape index (κ1) is 11.0. The number of halogens is 2. The highest BCUT2D eigenvalue weighted by molar-refractivity contribution is 6.43. The lowest BCUT2D eigenvalue weighted by molar-refractivity contribution is -0.0299.